The van der Waals surface area contributed by atoms with Gasteiger partial charge in [0.15, 0.2) is 5.78 Å². The van der Waals surface area contributed by atoms with Crippen LogP contribution >= 0.6 is 0 Å². The first-order chi connectivity index (χ1) is 13.0. The van der Waals surface area contributed by atoms with Gasteiger partial charge in [-0.25, -0.2) is 0 Å². The predicted molar refractivity (Wildman–Crippen MR) is 112 cm³/mol. The average Bonchev–Trinajstić information content (AvgIpc) is 2.92. The molecule has 0 fully saturated rings. The summed E-state index contributed by atoms with van der Waals surface area (Å²) in [5.41, 5.74) is 2.71. The van der Waals surface area contributed by atoms with Crippen molar-refractivity contribution in [1.29, 1.82) is 0 Å². The zero-order chi connectivity index (χ0) is 20.1. The Hall–Kier alpha value is -1.13. The van der Waals surface area contributed by atoms with Gasteiger partial charge < -0.3 is 14.8 Å². The number of aryl methyl sites for hydroxylation is 2. The lowest BCUT2D eigenvalue weighted by Crippen LogP contribution is -2.37. The number of aliphatic hydroxyl groups excluding tert-OH is 1. The quantitative estimate of drug-likeness (QED) is 0.394. The van der Waals surface area contributed by atoms with Gasteiger partial charge in [-0.3, -0.25) is 4.79 Å². The predicted octanol–water partition coefficient (Wildman–Crippen LogP) is 5.05. The number of unbranched alkanes of at least 4 members (excludes halogenated alkanes) is 7. The third-order valence-electron chi connectivity index (χ3n) is 5.62. The van der Waals surface area contributed by atoms with Crippen LogP contribution in [0.3, 0.4) is 0 Å². The van der Waals surface area contributed by atoms with Crippen LogP contribution in [0.4, 0.5) is 0 Å². The Morgan fingerprint density at radius 1 is 0.926 bits per heavy atom. The Labute approximate surface area is 166 Å². The van der Waals surface area contributed by atoms with Gasteiger partial charge in [-0.1, -0.05) is 45.4 Å². The molecular formula is C23H41NO3. The Morgan fingerprint density at radius 2 is 1.44 bits per heavy atom. The van der Waals surface area contributed by atoms with E-state index in [4.69, 9.17) is 9.52 Å². The van der Waals surface area contributed by atoms with E-state index in [-0.39, 0.29) is 18.4 Å². The van der Waals surface area contributed by atoms with Gasteiger partial charge in [0.05, 0.1) is 12.6 Å². The van der Waals surface area contributed by atoms with E-state index >= 15 is 0 Å². The normalized spacial score (nSPS) is 12.5. The number of Topliss-reactive ketones (excluding diaryl/α,β-unsaturated/α-hetero) is 1. The Kier molecular flexibility index (Phi) is 12.4. The fourth-order valence-electron chi connectivity index (χ4n) is 3.60. The SMILES string of the molecule is CCCc1oc(CCCCCCCCCCC(=O)C(CO)NC)c(C)c1C. The maximum atomic E-state index is 11.8. The fraction of sp³-hybridized carbons (Fsp3) is 0.783. The van der Waals surface area contributed by atoms with E-state index in [1.807, 2.05) is 0 Å². The van der Waals surface area contributed by atoms with Crippen molar-refractivity contribution >= 4 is 5.78 Å². The molecule has 0 spiro atoms. The molecule has 0 aliphatic heterocycles. The maximum Gasteiger partial charge on any atom is 0.152 e. The van der Waals surface area contributed by atoms with E-state index in [9.17, 15) is 4.79 Å². The lowest BCUT2D eigenvalue weighted by atomic mass is 10.0. The Bertz CT molecular complexity index is 532. The molecule has 2 N–H and O–H groups in total. The molecule has 0 aromatic carbocycles. The van der Waals surface area contributed by atoms with Gasteiger partial charge >= 0.3 is 0 Å². The zero-order valence-electron chi connectivity index (χ0n) is 18.0. The Morgan fingerprint density at radius 3 is 1.96 bits per heavy atom. The van der Waals surface area contributed by atoms with E-state index in [2.05, 4.69) is 26.1 Å². The monoisotopic (exact) mass is 379 g/mol. The highest BCUT2D eigenvalue weighted by Crippen LogP contribution is 2.24. The molecule has 1 atom stereocenters. The molecule has 1 heterocycles. The molecule has 4 nitrogen and oxygen atoms in total. The summed E-state index contributed by atoms with van der Waals surface area (Å²) in [7, 11) is 1.72. The third kappa shape index (κ3) is 8.61. The minimum atomic E-state index is -0.385. The molecule has 0 aliphatic carbocycles. The van der Waals surface area contributed by atoms with Crippen molar-refractivity contribution in [3.8, 4) is 0 Å². The van der Waals surface area contributed by atoms with Crippen LogP contribution in [-0.2, 0) is 17.6 Å². The van der Waals surface area contributed by atoms with Crippen LogP contribution in [0.1, 0.15) is 93.8 Å². The first-order valence-electron chi connectivity index (χ1n) is 10.9. The molecule has 1 aromatic heterocycles. The molecule has 0 aliphatic rings. The molecule has 27 heavy (non-hydrogen) atoms. The molecule has 1 rings (SSSR count). The van der Waals surface area contributed by atoms with Crippen molar-refractivity contribution in [1.82, 2.24) is 5.32 Å². The third-order valence-corrected chi connectivity index (χ3v) is 5.62. The second kappa shape index (κ2) is 14.0. The number of nitrogens with one attached hydrogen (secondary N) is 1. The van der Waals surface area contributed by atoms with Gasteiger partial charge in [-0.2, -0.15) is 0 Å². The number of hydrogen-bond donors (Lipinski definition) is 2. The molecule has 156 valence electrons. The van der Waals surface area contributed by atoms with E-state index in [1.165, 1.54) is 61.2 Å². The Balaban J connectivity index is 2.04. The minimum Gasteiger partial charge on any atom is -0.466 e. The molecule has 0 amide bonds. The smallest absolute Gasteiger partial charge is 0.152 e. The van der Waals surface area contributed by atoms with Gasteiger partial charge in [0.2, 0.25) is 0 Å². The molecule has 1 unspecified atom stereocenters. The van der Waals surface area contributed by atoms with Gasteiger partial charge in [-0.15, -0.1) is 0 Å². The minimum absolute atomic E-state index is 0.105. The maximum absolute atomic E-state index is 11.8. The number of aliphatic hydroxyl groups is 1. The lowest BCUT2D eigenvalue weighted by molar-refractivity contribution is -0.121. The summed E-state index contributed by atoms with van der Waals surface area (Å²) < 4.78 is 6.06. The molecule has 0 saturated heterocycles. The number of carbonyl (C=O) groups excluding carboxylic acids is 1. The first kappa shape index (κ1) is 23.9. The van der Waals surface area contributed by atoms with Crippen molar-refractivity contribution < 1.29 is 14.3 Å². The van der Waals surface area contributed by atoms with Crippen LogP contribution in [0.2, 0.25) is 0 Å². The van der Waals surface area contributed by atoms with Crippen LogP contribution in [-0.4, -0.2) is 30.6 Å². The topological polar surface area (TPSA) is 62.5 Å². The van der Waals surface area contributed by atoms with E-state index in [0.717, 1.165) is 32.1 Å². The lowest BCUT2D eigenvalue weighted by Gasteiger charge is -2.11. The molecule has 0 saturated carbocycles. The van der Waals surface area contributed by atoms with Gasteiger partial charge in [0.1, 0.15) is 11.5 Å². The number of furan rings is 1. The summed E-state index contributed by atoms with van der Waals surface area (Å²) >= 11 is 0. The van der Waals surface area contributed by atoms with Crippen LogP contribution in [0.15, 0.2) is 4.42 Å². The molecule has 0 radical (unpaired) electrons. The number of hydrogen-bond acceptors (Lipinski definition) is 4. The van der Waals surface area contributed by atoms with Crippen molar-refractivity contribution in [2.75, 3.05) is 13.7 Å². The molecule has 1 aromatic rings. The van der Waals surface area contributed by atoms with Crippen LogP contribution in [0.25, 0.3) is 0 Å². The second-order valence-corrected chi connectivity index (χ2v) is 7.77. The first-order valence-corrected chi connectivity index (χ1v) is 10.9. The largest absolute Gasteiger partial charge is 0.466 e. The fourth-order valence-corrected chi connectivity index (χ4v) is 3.60. The molecule has 0 bridgehead atoms. The van der Waals surface area contributed by atoms with Crippen molar-refractivity contribution in [3.05, 3.63) is 22.6 Å². The average molecular weight is 380 g/mol. The highest BCUT2D eigenvalue weighted by molar-refractivity contribution is 5.84. The summed E-state index contributed by atoms with van der Waals surface area (Å²) in [6.45, 7) is 6.47. The highest BCUT2D eigenvalue weighted by atomic mass is 16.3. The highest BCUT2D eigenvalue weighted by Gasteiger charge is 2.14. The zero-order valence-corrected chi connectivity index (χ0v) is 18.0. The van der Waals surface area contributed by atoms with Crippen molar-refractivity contribution in [2.24, 2.45) is 0 Å². The van der Waals surface area contributed by atoms with Crippen molar-refractivity contribution in [3.63, 3.8) is 0 Å². The van der Waals surface area contributed by atoms with Crippen molar-refractivity contribution in [2.45, 2.75) is 104 Å². The van der Waals surface area contributed by atoms with Gasteiger partial charge in [0.25, 0.3) is 0 Å². The summed E-state index contributed by atoms with van der Waals surface area (Å²) in [4.78, 5) is 11.8. The number of carbonyl (C=O) groups is 1. The molecular weight excluding hydrogens is 338 g/mol. The van der Waals surface area contributed by atoms with Crippen LogP contribution in [0.5, 0.6) is 0 Å². The van der Waals surface area contributed by atoms with E-state index in [1.54, 1.807) is 7.05 Å². The van der Waals surface area contributed by atoms with Gasteiger partial charge in [-0.05, 0) is 51.3 Å². The summed E-state index contributed by atoms with van der Waals surface area (Å²) in [5, 5.41) is 11.9. The number of likely N-dealkylation sites (N-methyl/N-ethyl adjacent to an activating group) is 1. The van der Waals surface area contributed by atoms with Gasteiger partial charge in [0, 0.05) is 19.3 Å². The van der Waals surface area contributed by atoms with Crippen LogP contribution in [0, 0.1) is 13.8 Å². The summed E-state index contributed by atoms with van der Waals surface area (Å²) in [6, 6.07) is -0.385. The summed E-state index contributed by atoms with van der Waals surface area (Å²) in [5.74, 6) is 2.51. The van der Waals surface area contributed by atoms with E-state index in [0.29, 0.717) is 6.42 Å². The number of rotatable bonds is 16. The molecule has 4 heteroatoms. The second-order valence-electron chi connectivity index (χ2n) is 7.77. The van der Waals surface area contributed by atoms with E-state index < -0.39 is 0 Å². The number of ketones is 1. The summed E-state index contributed by atoms with van der Waals surface area (Å²) in [6.07, 6.45) is 13.4. The standard InChI is InChI=1S/C23H41NO3/c1-5-14-22-18(2)19(3)23(27-22)16-13-11-9-7-6-8-10-12-15-21(26)20(17-25)24-4/h20,24-25H,5-17H2,1-4H3. The van der Waals surface area contributed by atoms with Crippen LogP contribution < -0.4 is 5.32 Å².